The molecule has 0 aliphatic carbocycles. The summed E-state index contributed by atoms with van der Waals surface area (Å²) in [4.78, 5) is 24.9. The summed E-state index contributed by atoms with van der Waals surface area (Å²) < 4.78 is 4.96. The van der Waals surface area contributed by atoms with Gasteiger partial charge in [0.15, 0.2) is 5.78 Å². The molecule has 0 N–H and O–H groups in total. The average Bonchev–Trinajstić information content (AvgIpc) is 2.15. The standard InChI is InChI=1S/C12H21NO3S/c1-4-16-11(15)7-10(14)8-13-5-6-17-12(2,3)9-13/h4-9H2,1-3H3. The molecule has 0 aromatic heterocycles. The molecule has 1 aliphatic rings. The highest BCUT2D eigenvalue weighted by molar-refractivity contribution is 8.00. The van der Waals surface area contributed by atoms with E-state index in [1.807, 2.05) is 11.8 Å². The molecule has 1 rings (SSSR count). The highest BCUT2D eigenvalue weighted by atomic mass is 32.2. The molecular formula is C12H21NO3S. The van der Waals surface area contributed by atoms with Gasteiger partial charge in [0, 0.05) is 23.6 Å². The van der Waals surface area contributed by atoms with Crippen LogP contribution in [0.4, 0.5) is 0 Å². The van der Waals surface area contributed by atoms with Crippen molar-refractivity contribution in [1.29, 1.82) is 0 Å². The number of thioether (sulfide) groups is 1. The molecule has 0 spiro atoms. The molecule has 4 nitrogen and oxygen atoms in total. The van der Waals surface area contributed by atoms with Crippen LogP contribution in [0.3, 0.4) is 0 Å². The van der Waals surface area contributed by atoms with Gasteiger partial charge in [-0.2, -0.15) is 11.8 Å². The molecule has 98 valence electrons. The minimum absolute atomic E-state index is 0.0499. The van der Waals surface area contributed by atoms with Crippen molar-refractivity contribution in [3.8, 4) is 0 Å². The number of carbonyl (C=O) groups is 2. The number of ether oxygens (including phenoxy) is 1. The first kappa shape index (κ1) is 14.5. The lowest BCUT2D eigenvalue weighted by Gasteiger charge is -2.37. The molecule has 0 aromatic rings. The van der Waals surface area contributed by atoms with Crippen molar-refractivity contribution in [3.63, 3.8) is 0 Å². The number of esters is 1. The van der Waals surface area contributed by atoms with Crippen LogP contribution in [-0.4, -0.2) is 53.4 Å². The summed E-state index contributed by atoms with van der Waals surface area (Å²) in [5, 5.41) is 0. The molecule has 0 amide bonds. The SMILES string of the molecule is CCOC(=O)CC(=O)CN1CCSC(C)(C)C1. The highest BCUT2D eigenvalue weighted by Crippen LogP contribution is 2.29. The Morgan fingerprint density at radius 2 is 2.12 bits per heavy atom. The second-order valence-electron chi connectivity index (χ2n) is 4.84. The fraction of sp³-hybridized carbons (Fsp3) is 0.833. The van der Waals surface area contributed by atoms with Gasteiger partial charge in [-0.05, 0) is 20.8 Å². The molecular weight excluding hydrogens is 238 g/mol. The molecule has 17 heavy (non-hydrogen) atoms. The topological polar surface area (TPSA) is 46.6 Å². The van der Waals surface area contributed by atoms with E-state index in [2.05, 4.69) is 18.7 Å². The van der Waals surface area contributed by atoms with Crippen LogP contribution in [0.5, 0.6) is 0 Å². The van der Waals surface area contributed by atoms with E-state index in [-0.39, 0.29) is 17.0 Å². The lowest BCUT2D eigenvalue weighted by Crippen LogP contribution is -2.45. The summed E-state index contributed by atoms with van der Waals surface area (Å²) in [5.74, 6) is 0.578. The fourth-order valence-electron chi connectivity index (χ4n) is 1.93. The largest absolute Gasteiger partial charge is 0.466 e. The summed E-state index contributed by atoms with van der Waals surface area (Å²) in [7, 11) is 0. The molecule has 1 heterocycles. The zero-order valence-electron chi connectivity index (χ0n) is 10.8. The number of hydrogen-bond donors (Lipinski definition) is 0. The van der Waals surface area contributed by atoms with Crippen molar-refractivity contribution in [2.24, 2.45) is 0 Å². The molecule has 0 unspecified atom stereocenters. The Balaban J connectivity index is 2.33. The molecule has 1 fully saturated rings. The Kier molecular flexibility index (Phi) is 5.46. The minimum atomic E-state index is -0.414. The van der Waals surface area contributed by atoms with Crippen molar-refractivity contribution < 1.29 is 14.3 Å². The Hall–Kier alpha value is -0.550. The predicted molar refractivity (Wildman–Crippen MR) is 69.2 cm³/mol. The van der Waals surface area contributed by atoms with Gasteiger partial charge in [-0.3, -0.25) is 14.5 Å². The number of Topliss-reactive ketones (excluding diaryl/α,β-unsaturated/α-hetero) is 1. The lowest BCUT2D eigenvalue weighted by molar-refractivity contribution is -0.145. The Bertz CT molecular complexity index is 291. The Morgan fingerprint density at radius 1 is 1.41 bits per heavy atom. The molecule has 0 atom stereocenters. The van der Waals surface area contributed by atoms with Gasteiger partial charge < -0.3 is 4.74 Å². The van der Waals surface area contributed by atoms with Gasteiger partial charge in [-0.15, -0.1) is 0 Å². The van der Waals surface area contributed by atoms with E-state index >= 15 is 0 Å². The summed E-state index contributed by atoms with van der Waals surface area (Å²) >= 11 is 1.93. The van der Waals surface area contributed by atoms with Gasteiger partial charge in [-0.1, -0.05) is 0 Å². The first-order valence-electron chi connectivity index (χ1n) is 5.96. The minimum Gasteiger partial charge on any atom is -0.466 e. The van der Waals surface area contributed by atoms with E-state index in [1.165, 1.54) is 0 Å². The average molecular weight is 259 g/mol. The summed E-state index contributed by atoms with van der Waals surface area (Å²) in [5.41, 5.74) is 0. The third-order valence-electron chi connectivity index (χ3n) is 2.55. The molecule has 1 aliphatic heterocycles. The van der Waals surface area contributed by atoms with E-state index in [9.17, 15) is 9.59 Å². The predicted octanol–water partition coefficient (Wildman–Crippen LogP) is 1.34. The first-order chi connectivity index (χ1) is 7.93. The second-order valence-corrected chi connectivity index (χ2v) is 6.64. The van der Waals surface area contributed by atoms with Crippen molar-refractivity contribution in [2.45, 2.75) is 31.9 Å². The number of rotatable bonds is 5. The second kappa shape index (κ2) is 6.40. The number of hydrogen-bond acceptors (Lipinski definition) is 5. The fourth-order valence-corrected chi connectivity index (χ4v) is 3.10. The normalized spacial score (nSPS) is 19.9. The molecule has 0 radical (unpaired) electrons. The number of carbonyl (C=O) groups excluding carboxylic acids is 2. The maximum absolute atomic E-state index is 11.7. The van der Waals surface area contributed by atoms with Crippen LogP contribution in [0.2, 0.25) is 0 Å². The van der Waals surface area contributed by atoms with E-state index < -0.39 is 5.97 Å². The van der Waals surface area contributed by atoms with E-state index in [4.69, 9.17) is 4.74 Å². The van der Waals surface area contributed by atoms with Gasteiger partial charge in [0.2, 0.25) is 0 Å². The summed E-state index contributed by atoms with van der Waals surface area (Å²) in [6, 6.07) is 0. The smallest absolute Gasteiger partial charge is 0.313 e. The molecule has 1 saturated heterocycles. The zero-order chi connectivity index (χ0) is 12.9. The highest BCUT2D eigenvalue weighted by Gasteiger charge is 2.28. The van der Waals surface area contributed by atoms with Crippen LogP contribution in [0.1, 0.15) is 27.2 Å². The van der Waals surface area contributed by atoms with Gasteiger partial charge in [0.25, 0.3) is 0 Å². The van der Waals surface area contributed by atoms with Gasteiger partial charge in [0.1, 0.15) is 6.42 Å². The maximum atomic E-state index is 11.7. The molecule has 0 saturated carbocycles. The molecule has 5 heteroatoms. The maximum Gasteiger partial charge on any atom is 0.313 e. The van der Waals surface area contributed by atoms with Crippen molar-refractivity contribution in [3.05, 3.63) is 0 Å². The van der Waals surface area contributed by atoms with Gasteiger partial charge in [0.05, 0.1) is 13.2 Å². The third-order valence-corrected chi connectivity index (χ3v) is 3.85. The Morgan fingerprint density at radius 3 is 2.71 bits per heavy atom. The van der Waals surface area contributed by atoms with Gasteiger partial charge in [-0.25, -0.2) is 0 Å². The number of nitrogens with zero attached hydrogens (tertiary/aromatic N) is 1. The quantitative estimate of drug-likeness (QED) is 0.551. The van der Waals surface area contributed by atoms with Crippen molar-refractivity contribution >= 4 is 23.5 Å². The van der Waals surface area contributed by atoms with Gasteiger partial charge >= 0.3 is 5.97 Å². The van der Waals surface area contributed by atoms with Crippen molar-refractivity contribution in [1.82, 2.24) is 4.90 Å². The Labute approximate surface area is 107 Å². The van der Waals surface area contributed by atoms with Crippen LogP contribution < -0.4 is 0 Å². The summed E-state index contributed by atoms with van der Waals surface area (Å²) in [6.07, 6.45) is -0.0993. The zero-order valence-corrected chi connectivity index (χ0v) is 11.6. The van der Waals surface area contributed by atoms with E-state index in [0.29, 0.717) is 13.2 Å². The monoisotopic (exact) mass is 259 g/mol. The lowest BCUT2D eigenvalue weighted by atomic mass is 10.1. The van der Waals surface area contributed by atoms with Crippen LogP contribution in [0.15, 0.2) is 0 Å². The van der Waals surface area contributed by atoms with E-state index in [0.717, 1.165) is 18.8 Å². The van der Waals surface area contributed by atoms with Crippen LogP contribution in [0, 0.1) is 0 Å². The van der Waals surface area contributed by atoms with Crippen molar-refractivity contribution in [2.75, 3.05) is 32.0 Å². The van der Waals surface area contributed by atoms with E-state index in [1.54, 1.807) is 6.92 Å². The van der Waals surface area contributed by atoms with Crippen LogP contribution in [-0.2, 0) is 14.3 Å². The number of ketones is 1. The van der Waals surface area contributed by atoms with Crippen LogP contribution in [0.25, 0.3) is 0 Å². The third kappa shape index (κ3) is 5.55. The molecule has 0 bridgehead atoms. The summed E-state index contributed by atoms with van der Waals surface area (Å²) in [6.45, 7) is 8.61. The molecule has 0 aromatic carbocycles. The van der Waals surface area contributed by atoms with Crippen LogP contribution >= 0.6 is 11.8 Å². The first-order valence-corrected chi connectivity index (χ1v) is 6.95.